The van der Waals surface area contributed by atoms with Crippen molar-refractivity contribution < 1.29 is 4.79 Å². The van der Waals surface area contributed by atoms with Gasteiger partial charge in [-0.2, -0.15) is 11.8 Å². The largest absolute Gasteiger partial charge is 0.298 e. The van der Waals surface area contributed by atoms with Gasteiger partial charge in [-0.25, -0.2) is 0 Å². The fourth-order valence-corrected chi connectivity index (χ4v) is 2.08. The Hall–Kier alpha value is -0.0200. The summed E-state index contributed by atoms with van der Waals surface area (Å²) in [5.41, 5.74) is 0. The van der Waals surface area contributed by atoms with Crippen molar-refractivity contribution in [2.75, 3.05) is 25.1 Å². The highest BCUT2D eigenvalue weighted by Gasteiger charge is 2.22. The lowest BCUT2D eigenvalue weighted by Gasteiger charge is -2.22. The van der Waals surface area contributed by atoms with Gasteiger partial charge in [-0.3, -0.25) is 9.69 Å². The van der Waals surface area contributed by atoms with Crippen LogP contribution in [-0.2, 0) is 4.79 Å². The zero-order chi connectivity index (χ0) is 8.97. The number of nitrogens with zero attached hydrogens (tertiary/aromatic N) is 1. The highest BCUT2D eigenvalue weighted by molar-refractivity contribution is 7.98. The Balaban J connectivity index is 2.23. The van der Waals surface area contributed by atoms with Gasteiger partial charge in [0.05, 0.1) is 6.54 Å². The van der Waals surface area contributed by atoms with Crippen LogP contribution >= 0.6 is 11.8 Å². The van der Waals surface area contributed by atoms with E-state index in [1.54, 1.807) is 0 Å². The Morgan fingerprint density at radius 3 is 2.92 bits per heavy atom. The molecule has 0 N–H and O–H groups in total. The van der Waals surface area contributed by atoms with E-state index < -0.39 is 0 Å². The molecule has 3 heteroatoms. The van der Waals surface area contributed by atoms with Gasteiger partial charge in [0, 0.05) is 19.0 Å². The maximum Gasteiger partial charge on any atom is 0.148 e. The van der Waals surface area contributed by atoms with Crippen LogP contribution in [0.15, 0.2) is 0 Å². The molecule has 1 aliphatic rings. The van der Waals surface area contributed by atoms with Crippen molar-refractivity contribution >= 4 is 17.5 Å². The van der Waals surface area contributed by atoms with Crippen LogP contribution in [0.25, 0.3) is 0 Å². The van der Waals surface area contributed by atoms with Crippen LogP contribution in [0.5, 0.6) is 0 Å². The van der Waals surface area contributed by atoms with Gasteiger partial charge in [0.25, 0.3) is 0 Å². The van der Waals surface area contributed by atoms with Crippen molar-refractivity contribution in [2.45, 2.75) is 25.8 Å². The van der Waals surface area contributed by atoms with E-state index in [1.165, 1.54) is 12.2 Å². The van der Waals surface area contributed by atoms with Gasteiger partial charge in [0.2, 0.25) is 0 Å². The number of likely N-dealkylation sites (tertiary alicyclic amines) is 1. The molecule has 70 valence electrons. The van der Waals surface area contributed by atoms with E-state index in [1.807, 2.05) is 11.8 Å². The quantitative estimate of drug-likeness (QED) is 0.663. The van der Waals surface area contributed by atoms with Crippen LogP contribution < -0.4 is 0 Å². The summed E-state index contributed by atoms with van der Waals surface area (Å²) in [4.78, 5) is 13.3. The number of rotatable bonds is 4. The fourth-order valence-electron chi connectivity index (χ4n) is 1.50. The molecular formula is C9H17NOS. The van der Waals surface area contributed by atoms with Gasteiger partial charge in [-0.05, 0) is 25.4 Å². The minimum atomic E-state index is 0.408. The van der Waals surface area contributed by atoms with Gasteiger partial charge in [0.15, 0.2) is 0 Å². The summed E-state index contributed by atoms with van der Waals surface area (Å²) < 4.78 is 0. The summed E-state index contributed by atoms with van der Waals surface area (Å²) in [5.74, 6) is 1.61. The van der Waals surface area contributed by atoms with Crippen molar-refractivity contribution in [1.82, 2.24) is 4.90 Å². The van der Waals surface area contributed by atoms with E-state index >= 15 is 0 Å². The molecule has 1 rings (SSSR count). The number of hydrogen-bond acceptors (Lipinski definition) is 3. The number of carbonyl (C=O) groups excluding carboxylic acids is 1. The molecule has 0 bridgehead atoms. The van der Waals surface area contributed by atoms with Crippen molar-refractivity contribution in [3.8, 4) is 0 Å². The Labute approximate surface area is 78.7 Å². The minimum Gasteiger partial charge on any atom is -0.298 e. The average Bonchev–Trinajstić information content (AvgIpc) is 2.47. The first kappa shape index (κ1) is 10.1. The maximum atomic E-state index is 11.0. The molecule has 0 amide bonds. The monoisotopic (exact) mass is 187 g/mol. The number of Topliss-reactive ketones (excluding diaryl/α,β-unsaturated/α-hetero) is 1. The van der Waals surface area contributed by atoms with Crippen LogP contribution in [0.1, 0.15) is 19.8 Å². The number of carbonyl (C=O) groups is 1. The normalized spacial score (nSPS) is 21.7. The second kappa shape index (κ2) is 4.87. The molecular weight excluding hydrogens is 170 g/mol. The lowest BCUT2D eigenvalue weighted by atomic mass is 10.2. The smallest absolute Gasteiger partial charge is 0.148 e. The van der Waals surface area contributed by atoms with Crippen molar-refractivity contribution in [2.24, 2.45) is 0 Å². The van der Waals surface area contributed by atoms with E-state index in [4.69, 9.17) is 0 Å². The molecule has 1 fully saturated rings. The summed E-state index contributed by atoms with van der Waals surface area (Å²) in [5, 5.41) is 0. The van der Waals surface area contributed by atoms with E-state index in [-0.39, 0.29) is 0 Å². The van der Waals surface area contributed by atoms with Gasteiger partial charge in [-0.15, -0.1) is 0 Å². The SMILES string of the molecule is CSCCC(C)N1CCC(=O)C1. The molecule has 0 aromatic heterocycles. The Bertz CT molecular complexity index is 161. The van der Waals surface area contributed by atoms with Crippen molar-refractivity contribution in [3.63, 3.8) is 0 Å². The standard InChI is InChI=1S/C9H17NOS/c1-8(4-6-12-2)10-5-3-9(11)7-10/h8H,3-7H2,1-2H3. The zero-order valence-corrected chi connectivity index (χ0v) is 8.69. The summed E-state index contributed by atoms with van der Waals surface area (Å²) in [6.45, 7) is 3.89. The molecule has 1 heterocycles. The average molecular weight is 187 g/mol. The number of ketones is 1. The maximum absolute atomic E-state index is 11.0. The molecule has 1 unspecified atom stereocenters. The fraction of sp³-hybridized carbons (Fsp3) is 0.889. The van der Waals surface area contributed by atoms with Gasteiger partial charge < -0.3 is 0 Å². The summed E-state index contributed by atoms with van der Waals surface area (Å²) in [6.07, 6.45) is 4.10. The third-order valence-electron chi connectivity index (χ3n) is 2.42. The lowest BCUT2D eigenvalue weighted by Crippen LogP contribution is -2.31. The van der Waals surface area contributed by atoms with Crippen LogP contribution in [0.3, 0.4) is 0 Å². The van der Waals surface area contributed by atoms with Crippen LogP contribution in [0.4, 0.5) is 0 Å². The minimum absolute atomic E-state index is 0.408. The molecule has 0 aromatic rings. The summed E-state index contributed by atoms with van der Waals surface area (Å²) >= 11 is 1.88. The summed E-state index contributed by atoms with van der Waals surface area (Å²) in [6, 6.07) is 0.587. The van der Waals surface area contributed by atoms with Crippen LogP contribution in [0.2, 0.25) is 0 Å². The Morgan fingerprint density at radius 1 is 1.67 bits per heavy atom. The predicted octanol–water partition coefficient (Wildman–Crippen LogP) is 1.40. The van der Waals surface area contributed by atoms with Crippen LogP contribution in [0, 0.1) is 0 Å². The highest BCUT2D eigenvalue weighted by atomic mass is 32.2. The first-order chi connectivity index (χ1) is 5.74. The first-order valence-electron chi connectivity index (χ1n) is 4.48. The molecule has 0 aliphatic carbocycles. The number of hydrogen-bond donors (Lipinski definition) is 0. The Kier molecular flexibility index (Phi) is 4.09. The van der Waals surface area contributed by atoms with E-state index in [0.717, 1.165) is 13.0 Å². The van der Waals surface area contributed by atoms with Crippen molar-refractivity contribution in [3.05, 3.63) is 0 Å². The third-order valence-corrected chi connectivity index (χ3v) is 3.06. The topological polar surface area (TPSA) is 20.3 Å². The molecule has 1 saturated heterocycles. The molecule has 1 aliphatic heterocycles. The number of thioether (sulfide) groups is 1. The van der Waals surface area contributed by atoms with E-state index in [9.17, 15) is 4.79 Å². The zero-order valence-electron chi connectivity index (χ0n) is 7.88. The lowest BCUT2D eigenvalue weighted by molar-refractivity contribution is -0.117. The van der Waals surface area contributed by atoms with Crippen LogP contribution in [-0.4, -0.2) is 41.8 Å². The van der Waals surface area contributed by atoms with Crippen molar-refractivity contribution in [1.29, 1.82) is 0 Å². The Morgan fingerprint density at radius 2 is 2.42 bits per heavy atom. The predicted molar refractivity (Wildman–Crippen MR) is 53.7 cm³/mol. The molecule has 0 saturated carbocycles. The van der Waals surface area contributed by atoms with Gasteiger partial charge in [0.1, 0.15) is 5.78 Å². The second-order valence-corrected chi connectivity index (χ2v) is 4.38. The summed E-state index contributed by atoms with van der Waals surface area (Å²) in [7, 11) is 0. The molecule has 12 heavy (non-hydrogen) atoms. The molecule has 2 nitrogen and oxygen atoms in total. The molecule has 1 atom stereocenters. The molecule has 0 spiro atoms. The third kappa shape index (κ3) is 2.79. The van der Waals surface area contributed by atoms with E-state index in [0.29, 0.717) is 18.4 Å². The first-order valence-corrected chi connectivity index (χ1v) is 5.88. The van der Waals surface area contributed by atoms with Gasteiger partial charge in [-0.1, -0.05) is 0 Å². The highest BCUT2D eigenvalue weighted by Crippen LogP contribution is 2.12. The van der Waals surface area contributed by atoms with Gasteiger partial charge >= 0.3 is 0 Å². The second-order valence-electron chi connectivity index (χ2n) is 3.39. The molecule has 0 radical (unpaired) electrons. The molecule has 0 aromatic carbocycles. The van der Waals surface area contributed by atoms with E-state index in [2.05, 4.69) is 18.1 Å².